The Bertz CT molecular complexity index is 486. The molecule has 1 N–H and O–H groups in total. The lowest BCUT2D eigenvalue weighted by molar-refractivity contribution is 0.0555. The fraction of sp³-hybridized carbons (Fsp3) is 0.500. The number of rotatable bonds is 3. The molecule has 0 saturated carbocycles. The molecule has 4 nitrogen and oxygen atoms in total. The van der Waals surface area contributed by atoms with Crippen LogP contribution in [0.3, 0.4) is 0 Å². The van der Waals surface area contributed by atoms with Crippen LogP contribution >= 0.6 is 23.2 Å². The number of nitrogens with zero attached hydrogens (tertiary/aromatic N) is 1. The minimum Gasteiger partial charge on any atom is -0.443 e. The summed E-state index contributed by atoms with van der Waals surface area (Å²) in [5.41, 5.74) is -0.185. The summed E-state index contributed by atoms with van der Waals surface area (Å²) in [6, 6.07) is 4.33. The molecule has 0 heterocycles. The number of carbonyl (C=O) groups excluding carboxylic acids is 1. The van der Waals surface area contributed by atoms with E-state index in [-0.39, 0.29) is 6.61 Å². The molecule has 0 fully saturated rings. The first-order chi connectivity index (χ1) is 9.15. The highest BCUT2D eigenvalue weighted by atomic mass is 35.5. The van der Waals surface area contributed by atoms with Gasteiger partial charge in [-0.2, -0.15) is 0 Å². The number of amides is 1. The minimum atomic E-state index is -0.636. The molecule has 1 rings (SSSR count). The van der Waals surface area contributed by atoms with E-state index in [9.17, 15) is 9.90 Å². The van der Waals surface area contributed by atoms with Gasteiger partial charge in [-0.3, -0.25) is 4.90 Å². The van der Waals surface area contributed by atoms with Crippen LogP contribution in [0.2, 0.25) is 10.0 Å². The number of ether oxygens (including phenoxy) is 1. The highest BCUT2D eigenvalue weighted by Crippen LogP contribution is 2.31. The number of aliphatic hydroxyl groups excluding tert-OH is 1. The van der Waals surface area contributed by atoms with Crippen molar-refractivity contribution in [3.8, 4) is 0 Å². The van der Waals surface area contributed by atoms with Gasteiger partial charge in [0.2, 0.25) is 0 Å². The topological polar surface area (TPSA) is 49.8 Å². The Kier molecular flexibility index (Phi) is 5.68. The van der Waals surface area contributed by atoms with Crippen molar-refractivity contribution in [3.63, 3.8) is 0 Å². The van der Waals surface area contributed by atoms with E-state index in [1.165, 1.54) is 4.90 Å². The van der Waals surface area contributed by atoms with Crippen LogP contribution in [0.5, 0.6) is 0 Å². The van der Waals surface area contributed by atoms with Gasteiger partial charge in [0.15, 0.2) is 0 Å². The van der Waals surface area contributed by atoms with Gasteiger partial charge in [-0.05, 0) is 45.9 Å². The molecule has 6 heteroatoms. The summed E-state index contributed by atoms with van der Waals surface area (Å²) in [6.07, 6.45) is -0.566. The first-order valence-electron chi connectivity index (χ1n) is 6.24. The summed E-state index contributed by atoms with van der Waals surface area (Å²) >= 11 is 12.0. The molecule has 0 aliphatic rings. The predicted molar refractivity (Wildman–Crippen MR) is 81.7 cm³/mol. The summed E-state index contributed by atoms with van der Waals surface area (Å²) < 4.78 is 5.35. The zero-order chi connectivity index (χ0) is 15.5. The van der Waals surface area contributed by atoms with Gasteiger partial charge < -0.3 is 9.84 Å². The second-order valence-corrected chi connectivity index (χ2v) is 6.32. The lowest BCUT2D eigenvalue weighted by Crippen LogP contribution is -2.44. The molecule has 0 saturated heterocycles. The zero-order valence-corrected chi connectivity index (χ0v) is 13.5. The van der Waals surface area contributed by atoms with Crippen LogP contribution in [0.15, 0.2) is 18.2 Å². The predicted octanol–water partition coefficient (Wildman–Crippen LogP) is 4.12. The van der Waals surface area contributed by atoms with Crippen LogP contribution in [-0.4, -0.2) is 29.4 Å². The Morgan fingerprint density at radius 1 is 1.40 bits per heavy atom. The minimum absolute atomic E-state index is 0.210. The quantitative estimate of drug-likeness (QED) is 0.911. The lowest BCUT2D eigenvalue weighted by Gasteiger charge is -2.31. The zero-order valence-electron chi connectivity index (χ0n) is 12.0. The number of halogens is 2. The van der Waals surface area contributed by atoms with Crippen molar-refractivity contribution in [2.75, 3.05) is 11.5 Å². The van der Waals surface area contributed by atoms with E-state index in [0.717, 1.165) is 0 Å². The van der Waals surface area contributed by atoms with E-state index in [1.54, 1.807) is 45.9 Å². The molecule has 0 spiro atoms. The van der Waals surface area contributed by atoms with Crippen molar-refractivity contribution >= 4 is 35.0 Å². The third kappa shape index (κ3) is 4.54. The maximum absolute atomic E-state index is 12.3. The second-order valence-electron chi connectivity index (χ2n) is 5.48. The van der Waals surface area contributed by atoms with E-state index in [4.69, 9.17) is 27.9 Å². The van der Waals surface area contributed by atoms with E-state index in [0.29, 0.717) is 15.7 Å². The largest absolute Gasteiger partial charge is 0.443 e. The van der Waals surface area contributed by atoms with Crippen LogP contribution in [0.25, 0.3) is 0 Å². The molecule has 1 aromatic carbocycles. The fourth-order valence-electron chi connectivity index (χ4n) is 1.59. The van der Waals surface area contributed by atoms with Gasteiger partial charge in [0.25, 0.3) is 0 Å². The van der Waals surface area contributed by atoms with E-state index in [2.05, 4.69) is 0 Å². The Morgan fingerprint density at radius 3 is 2.45 bits per heavy atom. The van der Waals surface area contributed by atoms with Gasteiger partial charge in [-0.25, -0.2) is 4.79 Å². The van der Waals surface area contributed by atoms with E-state index in [1.807, 2.05) is 0 Å². The molecular weight excluding hydrogens is 301 g/mol. The summed E-state index contributed by atoms with van der Waals surface area (Å²) in [6.45, 7) is 6.82. The van der Waals surface area contributed by atoms with Gasteiger partial charge in [0.05, 0.1) is 23.4 Å². The average Bonchev–Trinajstić information content (AvgIpc) is 2.29. The summed E-state index contributed by atoms with van der Waals surface area (Å²) in [5, 5.41) is 10.1. The van der Waals surface area contributed by atoms with Gasteiger partial charge in [0.1, 0.15) is 5.60 Å². The van der Waals surface area contributed by atoms with Gasteiger partial charge in [-0.1, -0.05) is 23.2 Å². The standard InChI is InChI=1S/C14H19Cl2NO3/c1-9(8-18)17(13(19)20-14(2,3)4)12-6-5-10(15)7-11(12)16/h5-7,9,18H,8H2,1-4H3. The Morgan fingerprint density at radius 2 is 2.00 bits per heavy atom. The molecular formula is C14H19Cl2NO3. The molecule has 1 atom stereocenters. The number of aliphatic hydroxyl groups is 1. The van der Waals surface area contributed by atoms with E-state index >= 15 is 0 Å². The van der Waals surface area contributed by atoms with Crippen molar-refractivity contribution in [1.29, 1.82) is 0 Å². The van der Waals surface area contributed by atoms with Crippen LogP contribution in [0.1, 0.15) is 27.7 Å². The Balaban J connectivity index is 3.15. The Labute approximate surface area is 129 Å². The van der Waals surface area contributed by atoms with Crippen molar-refractivity contribution in [3.05, 3.63) is 28.2 Å². The summed E-state index contributed by atoms with van der Waals surface area (Å²) in [7, 11) is 0. The number of anilines is 1. The molecule has 20 heavy (non-hydrogen) atoms. The average molecular weight is 320 g/mol. The monoisotopic (exact) mass is 319 g/mol. The normalized spacial score (nSPS) is 12.9. The van der Waals surface area contributed by atoms with Gasteiger partial charge in [0, 0.05) is 5.02 Å². The molecule has 0 radical (unpaired) electrons. The first kappa shape index (κ1) is 17.1. The summed E-state index contributed by atoms with van der Waals surface area (Å²) in [4.78, 5) is 13.6. The maximum Gasteiger partial charge on any atom is 0.415 e. The smallest absolute Gasteiger partial charge is 0.415 e. The molecule has 0 aliphatic carbocycles. The molecule has 1 aromatic rings. The van der Waals surface area contributed by atoms with Crippen molar-refractivity contribution in [2.45, 2.75) is 39.3 Å². The molecule has 1 unspecified atom stereocenters. The third-order valence-electron chi connectivity index (χ3n) is 2.46. The highest BCUT2D eigenvalue weighted by Gasteiger charge is 2.28. The molecule has 0 aromatic heterocycles. The van der Waals surface area contributed by atoms with Crippen LogP contribution in [-0.2, 0) is 4.74 Å². The Hall–Kier alpha value is -0.970. The number of hydrogen-bond acceptors (Lipinski definition) is 3. The second kappa shape index (κ2) is 6.66. The highest BCUT2D eigenvalue weighted by molar-refractivity contribution is 6.36. The third-order valence-corrected chi connectivity index (χ3v) is 3.00. The molecule has 0 bridgehead atoms. The maximum atomic E-state index is 12.3. The van der Waals surface area contributed by atoms with Gasteiger partial charge >= 0.3 is 6.09 Å². The van der Waals surface area contributed by atoms with Gasteiger partial charge in [-0.15, -0.1) is 0 Å². The summed E-state index contributed by atoms with van der Waals surface area (Å²) in [5.74, 6) is 0. The molecule has 1 amide bonds. The number of carbonyl (C=O) groups is 1. The van der Waals surface area contributed by atoms with Crippen molar-refractivity contribution < 1.29 is 14.6 Å². The fourth-order valence-corrected chi connectivity index (χ4v) is 2.08. The molecule has 112 valence electrons. The van der Waals surface area contributed by atoms with Crippen LogP contribution in [0, 0.1) is 0 Å². The van der Waals surface area contributed by atoms with Crippen LogP contribution < -0.4 is 4.90 Å². The number of hydrogen-bond donors (Lipinski definition) is 1. The van der Waals surface area contributed by atoms with Crippen LogP contribution in [0.4, 0.5) is 10.5 Å². The van der Waals surface area contributed by atoms with Crippen molar-refractivity contribution in [1.82, 2.24) is 0 Å². The first-order valence-corrected chi connectivity index (χ1v) is 6.99. The lowest BCUT2D eigenvalue weighted by atomic mass is 10.2. The number of benzene rings is 1. The molecule has 0 aliphatic heterocycles. The van der Waals surface area contributed by atoms with Crippen molar-refractivity contribution in [2.24, 2.45) is 0 Å². The van der Waals surface area contributed by atoms with E-state index < -0.39 is 17.7 Å². The SMILES string of the molecule is CC(CO)N(C(=O)OC(C)(C)C)c1ccc(Cl)cc1Cl.